The summed E-state index contributed by atoms with van der Waals surface area (Å²) >= 11 is 5.97. The smallest absolute Gasteiger partial charge is 0.347 e. The molecule has 0 aliphatic heterocycles. The monoisotopic (exact) mass is 777 g/mol. The van der Waals surface area contributed by atoms with Gasteiger partial charge in [0.15, 0.2) is 17.5 Å². The number of carbonyl (C=O) groups is 1. The number of aromatic hydroxyl groups is 2. The Hall–Kier alpha value is -2.07. The number of para-hydroxylation sites is 3. The van der Waals surface area contributed by atoms with Gasteiger partial charge < -0.3 is 14.9 Å². The van der Waals surface area contributed by atoms with Crippen molar-refractivity contribution >= 4 is 73.7 Å². The Balaban J connectivity index is 1.92. The lowest BCUT2D eigenvalue weighted by Crippen LogP contribution is -2.23. The summed E-state index contributed by atoms with van der Waals surface area (Å²) in [7, 11) is 0. The normalized spacial score (nSPS) is 11.2. The summed E-state index contributed by atoms with van der Waals surface area (Å²) in [5.41, 5.74) is 1.27. The highest BCUT2D eigenvalue weighted by Gasteiger charge is 2.31. The molecular weight excluding hydrogens is 763 g/mol. The maximum Gasteiger partial charge on any atom is 0.347 e. The number of nitrogens with zero attached hydrogens (tertiary/aromatic N) is 3. The van der Waals surface area contributed by atoms with Gasteiger partial charge in [-0.25, -0.2) is 19.7 Å². The average molecular weight is 777 g/mol. The molecule has 10 heteroatoms. The Morgan fingerprint density at radius 3 is 1.52 bits per heavy atom. The summed E-state index contributed by atoms with van der Waals surface area (Å²) in [6, 6.07) is 20.3. The summed E-state index contributed by atoms with van der Waals surface area (Å²) in [5.74, 6) is 0.504. The highest BCUT2D eigenvalue weighted by atomic mass is 127. The molecule has 0 saturated heterocycles. The SMILES string of the molecule is O=C(Oc1ccccc1-c1nc(-c2ccccc2O)nc(-c2ccccc2O)n1)C(I)(I)I. The predicted octanol–water partition coefficient (Wildman–Crippen LogP) is 6.15. The van der Waals surface area contributed by atoms with Crippen LogP contribution in [0.25, 0.3) is 34.2 Å². The number of esters is 1. The standard InChI is InChI=1S/C23H14I3N3O4/c24-23(25,26)22(32)33-18-12-6-3-9-15(18)21-28-19(13-7-1-4-10-16(13)30)27-20(29-21)14-8-2-5-11-17(14)31/h1-12,30-31H. The van der Waals surface area contributed by atoms with Gasteiger partial charge in [0.05, 0.1) is 16.7 Å². The Morgan fingerprint density at radius 1 is 0.667 bits per heavy atom. The van der Waals surface area contributed by atoms with E-state index in [-0.39, 0.29) is 34.7 Å². The van der Waals surface area contributed by atoms with Crippen LogP contribution in [0.2, 0.25) is 0 Å². The van der Waals surface area contributed by atoms with Crippen molar-refractivity contribution in [3.63, 3.8) is 0 Å². The highest BCUT2D eigenvalue weighted by Crippen LogP contribution is 2.39. The fraction of sp³-hybridized carbons (Fsp3) is 0.0435. The molecule has 0 bridgehead atoms. The highest BCUT2D eigenvalue weighted by molar-refractivity contribution is 14.3. The maximum absolute atomic E-state index is 12.5. The minimum Gasteiger partial charge on any atom is -0.507 e. The van der Waals surface area contributed by atoms with Crippen LogP contribution in [0.3, 0.4) is 0 Å². The lowest BCUT2D eigenvalue weighted by atomic mass is 10.1. The van der Waals surface area contributed by atoms with Gasteiger partial charge >= 0.3 is 5.97 Å². The number of alkyl halides is 3. The van der Waals surface area contributed by atoms with Crippen molar-refractivity contribution in [1.29, 1.82) is 0 Å². The van der Waals surface area contributed by atoms with Crippen molar-refractivity contribution in [2.75, 3.05) is 0 Å². The molecule has 1 aromatic heterocycles. The van der Waals surface area contributed by atoms with Gasteiger partial charge in [-0.1, -0.05) is 36.4 Å². The fourth-order valence-corrected chi connectivity index (χ4v) is 3.29. The van der Waals surface area contributed by atoms with Crippen LogP contribution in [0.5, 0.6) is 17.2 Å². The first-order valence-electron chi connectivity index (χ1n) is 9.45. The fourth-order valence-electron chi connectivity index (χ4n) is 2.96. The first-order chi connectivity index (χ1) is 15.7. The maximum atomic E-state index is 12.5. The van der Waals surface area contributed by atoms with E-state index in [9.17, 15) is 15.0 Å². The van der Waals surface area contributed by atoms with E-state index in [2.05, 4.69) is 15.0 Å². The molecule has 0 saturated carbocycles. The molecule has 2 N–H and O–H groups in total. The van der Waals surface area contributed by atoms with E-state index in [0.29, 0.717) is 16.7 Å². The van der Waals surface area contributed by atoms with Gasteiger partial charge in [-0.15, -0.1) is 0 Å². The Kier molecular flexibility index (Phi) is 7.33. The second-order valence-electron chi connectivity index (χ2n) is 6.72. The zero-order valence-electron chi connectivity index (χ0n) is 16.6. The van der Waals surface area contributed by atoms with Crippen LogP contribution in [-0.2, 0) is 4.79 Å². The van der Waals surface area contributed by atoms with E-state index in [4.69, 9.17) is 4.74 Å². The molecule has 0 radical (unpaired) electrons. The van der Waals surface area contributed by atoms with Crippen molar-refractivity contribution in [2.24, 2.45) is 0 Å². The molecule has 3 aromatic carbocycles. The minimum absolute atomic E-state index is 0.00196. The topological polar surface area (TPSA) is 105 Å². The third-order valence-corrected chi connectivity index (χ3v) is 5.81. The Labute approximate surface area is 230 Å². The molecule has 4 aromatic rings. The van der Waals surface area contributed by atoms with E-state index in [0.717, 1.165) is 0 Å². The van der Waals surface area contributed by atoms with E-state index in [1.807, 2.05) is 67.8 Å². The lowest BCUT2D eigenvalue weighted by Gasteiger charge is -2.15. The van der Waals surface area contributed by atoms with Crippen LogP contribution in [0.1, 0.15) is 0 Å². The van der Waals surface area contributed by atoms with Crippen LogP contribution >= 0.6 is 67.8 Å². The lowest BCUT2D eigenvalue weighted by molar-refractivity contribution is -0.131. The van der Waals surface area contributed by atoms with E-state index in [1.54, 1.807) is 60.7 Å². The first kappa shape index (κ1) is 24.1. The second-order valence-corrected chi connectivity index (χ2v) is 17.8. The van der Waals surface area contributed by atoms with Crippen molar-refractivity contribution < 1.29 is 19.7 Å². The number of aromatic nitrogens is 3. The zero-order valence-corrected chi connectivity index (χ0v) is 23.1. The Morgan fingerprint density at radius 2 is 1.06 bits per heavy atom. The summed E-state index contributed by atoms with van der Waals surface area (Å²) in [6.45, 7) is 0. The second kappa shape index (κ2) is 10.0. The average Bonchev–Trinajstić information content (AvgIpc) is 2.79. The predicted molar refractivity (Wildman–Crippen MR) is 150 cm³/mol. The van der Waals surface area contributed by atoms with Crippen LogP contribution < -0.4 is 4.74 Å². The summed E-state index contributed by atoms with van der Waals surface area (Å²) in [4.78, 5) is 26.1. The number of ether oxygens (including phenoxy) is 1. The number of phenolic OH excluding ortho intramolecular Hbond substituents is 2. The zero-order chi connectivity index (χ0) is 23.6. The molecule has 4 rings (SSSR count). The molecular formula is C23H14I3N3O4. The molecule has 0 atom stereocenters. The van der Waals surface area contributed by atoms with Crippen molar-refractivity contribution in [2.45, 2.75) is -0.565 Å². The summed E-state index contributed by atoms with van der Waals surface area (Å²) < 4.78 is 4.85. The number of benzene rings is 3. The minimum atomic E-state index is -0.790. The number of halogens is 3. The number of hydrogen-bond donors (Lipinski definition) is 2. The molecule has 7 nitrogen and oxygen atoms in total. The molecule has 0 aliphatic carbocycles. The van der Waals surface area contributed by atoms with Crippen LogP contribution in [-0.4, -0.2) is 30.6 Å². The van der Waals surface area contributed by atoms with E-state index in [1.165, 1.54) is 12.1 Å². The number of phenols is 2. The molecule has 1 heterocycles. The third-order valence-electron chi connectivity index (χ3n) is 4.49. The van der Waals surface area contributed by atoms with Crippen LogP contribution in [0.15, 0.2) is 72.8 Å². The van der Waals surface area contributed by atoms with E-state index >= 15 is 0 Å². The summed E-state index contributed by atoms with van der Waals surface area (Å²) in [6.07, 6.45) is 0. The molecule has 0 amide bonds. The molecule has 0 spiro atoms. The molecule has 0 aliphatic rings. The van der Waals surface area contributed by atoms with Gasteiger partial charge in [-0.3, -0.25) is 0 Å². The van der Waals surface area contributed by atoms with Gasteiger partial charge in [0, 0.05) is 0 Å². The quantitative estimate of drug-likeness (QED) is 0.109. The van der Waals surface area contributed by atoms with Gasteiger partial charge in [-0.05, 0) is 104 Å². The molecule has 166 valence electrons. The Bertz CT molecular complexity index is 1280. The van der Waals surface area contributed by atoms with E-state index < -0.39 is 5.40 Å². The molecule has 0 fully saturated rings. The van der Waals surface area contributed by atoms with Gasteiger partial charge in [0.25, 0.3) is 0 Å². The number of hydrogen-bond acceptors (Lipinski definition) is 7. The van der Waals surface area contributed by atoms with Crippen molar-refractivity contribution in [1.82, 2.24) is 15.0 Å². The number of carbonyl (C=O) groups excluding carboxylic acids is 1. The van der Waals surface area contributed by atoms with Crippen LogP contribution in [0, 0.1) is 0 Å². The van der Waals surface area contributed by atoms with Crippen molar-refractivity contribution in [3.05, 3.63) is 72.8 Å². The van der Waals surface area contributed by atoms with Gasteiger partial charge in [0.2, 0.25) is -0.565 Å². The van der Waals surface area contributed by atoms with Gasteiger partial charge in [-0.2, -0.15) is 0 Å². The largest absolute Gasteiger partial charge is 0.507 e. The van der Waals surface area contributed by atoms with Crippen molar-refractivity contribution in [3.8, 4) is 51.4 Å². The first-order valence-corrected chi connectivity index (χ1v) is 12.7. The number of rotatable bonds is 5. The summed E-state index contributed by atoms with van der Waals surface area (Å²) in [5, 5.41) is 20.8. The van der Waals surface area contributed by atoms with Crippen LogP contribution in [0.4, 0.5) is 0 Å². The van der Waals surface area contributed by atoms with Gasteiger partial charge in [0.1, 0.15) is 17.2 Å². The molecule has 33 heavy (non-hydrogen) atoms. The third kappa shape index (κ3) is 5.54. The molecule has 0 unspecified atom stereocenters.